The Morgan fingerprint density at radius 3 is 3.13 bits per heavy atom. The summed E-state index contributed by atoms with van der Waals surface area (Å²) in [5.41, 5.74) is 1.13. The molecule has 23 heavy (non-hydrogen) atoms. The summed E-state index contributed by atoms with van der Waals surface area (Å²) in [6.45, 7) is 6.32. The van der Waals surface area contributed by atoms with Gasteiger partial charge in [0, 0.05) is 13.1 Å². The van der Waals surface area contributed by atoms with Gasteiger partial charge in [0.15, 0.2) is 5.82 Å². The van der Waals surface area contributed by atoms with Gasteiger partial charge in [-0.15, -0.1) is 10.2 Å². The molecule has 1 aliphatic rings. The van der Waals surface area contributed by atoms with E-state index in [1.807, 2.05) is 34.8 Å². The molecule has 1 N–H and O–H groups in total. The maximum Gasteiger partial charge on any atom is 0.317 e. The average molecular weight is 335 g/mol. The second-order valence-electron chi connectivity index (χ2n) is 5.59. The van der Waals surface area contributed by atoms with Crippen LogP contribution in [0, 0.1) is 0 Å². The topological polar surface area (TPSA) is 72.3 Å². The molecule has 2 amide bonds. The van der Waals surface area contributed by atoms with Crippen LogP contribution < -0.4 is 5.32 Å². The molecule has 0 unspecified atom stereocenters. The highest BCUT2D eigenvalue weighted by atomic mass is 32.1. The Labute approximate surface area is 139 Å². The lowest BCUT2D eigenvalue weighted by atomic mass is 10.1. The van der Waals surface area contributed by atoms with Gasteiger partial charge in [0.1, 0.15) is 12.4 Å². The lowest BCUT2D eigenvalue weighted by molar-refractivity contribution is -0.0655. The van der Waals surface area contributed by atoms with Gasteiger partial charge in [-0.05, 0) is 36.2 Å². The first-order chi connectivity index (χ1) is 11.2. The molecule has 0 radical (unpaired) electrons. The fraction of sp³-hybridized carbons (Fsp3) is 0.533. The van der Waals surface area contributed by atoms with Crippen LogP contribution in [-0.2, 0) is 17.8 Å². The summed E-state index contributed by atoms with van der Waals surface area (Å²) in [4.78, 5) is 14.3. The molecule has 7 nitrogen and oxygen atoms in total. The minimum Gasteiger partial charge on any atom is -0.367 e. The summed E-state index contributed by atoms with van der Waals surface area (Å²) < 4.78 is 7.87. The zero-order valence-electron chi connectivity index (χ0n) is 13.3. The van der Waals surface area contributed by atoms with Crippen LogP contribution in [0.5, 0.6) is 0 Å². The summed E-state index contributed by atoms with van der Waals surface area (Å²) in [5, 5.41) is 14.9. The van der Waals surface area contributed by atoms with Gasteiger partial charge in [0.2, 0.25) is 0 Å². The van der Waals surface area contributed by atoms with Crippen LogP contribution in [0.3, 0.4) is 0 Å². The molecular formula is C15H21N5O2S. The van der Waals surface area contributed by atoms with Crippen LogP contribution in [0.25, 0.3) is 0 Å². The van der Waals surface area contributed by atoms with Crippen molar-refractivity contribution in [1.29, 1.82) is 0 Å². The summed E-state index contributed by atoms with van der Waals surface area (Å²) in [5.74, 6) is 0.761. The van der Waals surface area contributed by atoms with Gasteiger partial charge in [-0.25, -0.2) is 4.79 Å². The Bertz CT molecular complexity index is 642. The van der Waals surface area contributed by atoms with Crippen LogP contribution >= 0.6 is 11.3 Å². The first-order valence-electron chi connectivity index (χ1n) is 7.74. The number of aromatic nitrogens is 3. The predicted molar refractivity (Wildman–Crippen MR) is 87.1 cm³/mol. The third-order valence-electron chi connectivity index (χ3n) is 3.90. The molecule has 8 heteroatoms. The second-order valence-corrected chi connectivity index (χ2v) is 6.37. The number of aryl methyl sites for hydroxylation is 1. The molecule has 2 aromatic heterocycles. The molecule has 0 spiro atoms. The molecule has 0 saturated carbocycles. The number of hydrogen-bond acceptors (Lipinski definition) is 5. The lowest BCUT2D eigenvalue weighted by Crippen LogP contribution is -2.49. The molecule has 1 aliphatic heterocycles. The minimum absolute atomic E-state index is 0.0127. The largest absolute Gasteiger partial charge is 0.367 e. The lowest BCUT2D eigenvalue weighted by Gasteiger charge is -2.36. The molecule has 0 aliphatic carbocycles. The number of nitrogens with one attached hydrogen (secondary N) is 1. The fourth-order valence-corrected chi connectivity index (χ4v) is 3.41. The van der Waals surface area contributed by atoms with Crippen molar-refractivity contribution in [1.82, 2.24) is 25.0 Å². The minimum atomic E-state index is -0.0916. The van der Waals surface area contributed by atoms with E-state index in [9.17, 15) is 4.79 Å². The molecule has 2 aromatic rings. The number of hydrogen-bond donors (Lipinski definition) is 1. The van der Waals surface area contributed by atoms with E-state index in [0.717, 1.165) is 17.9 Å². The maximum atomic E-state index is 12.5. The standard InChI is InChI=1S/C15H21N5O2S/c1-3-19-10-17-18-14(19)6-16-15(21)20-7-11(2)22-13(8-20)12-4-5-23-9-12/h4-5,9-11,13H,3,6-8H2,1-2H3,(H,16,21)/t11-,13-/m0/s1. The van der Waals surface area contributed by atoms with Crippen molar-refractivity contribution < 1.29 is 9.53 Å². The number of morpholine rings is 1. The number of carbonyl (C=O) groups excluding carboxylic acids is 1. The summed E-state index contributed by atoms with van der Waals surface area (Å²) in [7, 11) is 0. The van der Waals surface area contributed by atoms with E-state index in [1.165, 1.54) is 0 Å². The second kappa shape index (κ2) is 7.10. The highest BCUT2D eigenvalue weighted by molar-refractivity contribution is 7.07. The molecule has 0 bridgehead atoms. The molecular weight excluding hydrogens is 314 g/mol. The third-order valence-corrected chi connectivity index (χ3v) is 4.60. The van der Waals surface area contributed by atoms with Crippen molar-refractivity contribution >= 4 is 17.4 Å². The van der Waals surface area contributed by atoms with Crippen molar-refractivity contribution in [2.45, 2.75) is 39.1 Å². The van der Waals surface area contributed by atoms with Crippen molar-refractivity contribution in [3.05, 3.63) is 34.5 Å². The average Bonchev–Trinajstić information content (AvgIpc) is 3.23. The van der Waals surface area contributed by atoms with Crippen LogP contribution in [0.15, 0.2) is 23.2 Å². The number of rotatable bonds is 4. The van der Waals surface area contributed by atoms with E-state index in [1.54, 1.807) is 17.7 Å². The first kappa shape index (κ1) is 15.9. The highest BCUT2D eigenvalue weighted by Gasteiger charge is 2.29. The number of thiophene rings is 1. The molecule has 3 rings (SSSR count). The van der Waals surface area contributed by atoms with Crippen LogP contribution in [-0.4, -0.2) is 44.9 Å². The smallest absolute Gasteiger partial charge is 0.317 e. The summed E-state index contributed by atoms with van der Waals surface area (Å²) in [6.07, 6.45) is 1.62. The number of amides is 2. The first-order valence-corrected chi connectivity index (χ1v) is 8.68. The van der Waals surface area contributed by atoms with Crippen LogP contribution in [0.4, 0.5) is 4.79 Å². The Morgan fingerprint density at radius 1 is 1.52 bits per heavy atom. The number of carbonyl (C=O) groups is 1. The van der Waals surface area contributed by atoms with Gasteiger partial charge in [-0.3, -0.25) is 0 Å². The summed E-state index contributed by atoms with van der Waals surface area (Å²) >= 11 is 1.64. The van der Waals surface area contributed by atoms with E-state index in [-0.39, 0.29) is 18.2 Å². The normalized spacial score (nSPS) is 21.4. The van der Waals surface area contributed by atoms with Crippen molar-refractivity contribution in [2.75, 3.05) is 13.1 Å². The van der Waals surface area contributed by atoms with Gasteiger partial charge in [-0.2, -0.15) is 11.3 Å². The summed E-state index contributed by atoms with van der Waals surface area (Å²) in [6, 6.07) is 1.96. The molecule has 1 saturated heterocycles. The maximum absolute atomic E-state index is 12.5. The predicted octanol–water partition coefficient (Wildman–Crippen LogP) is 2.03. The van der Waals surface area contributed by atoms with Crippen molar-refractivity contribution in [3.63, 3.8) is 0 Å². The van der Waals surface area contributed by atoms with E-state index in [0.29, 0.717) is 19.6 Å². The van der Waals surface area contributed by atoms with E-state index in [2.05, 4.69) is 20.9 Å². The molecule has 0 aromatic carbocycles. The van der Waals surface area contributed by atoms with Gasteiger partial charge < -0.3 is 19.5 Å². The zero-order valence-corrected chi connectivity index (χ0v) is 14.1. The Balaban J connectivity index is 1.60. The van der Waals surface area contributed by atoms with Crippen LogP contribution in [0.1, 0.15) is 31.3 Å². The van der Waals surface area contributed by atoms with Gasteiger partial charge in [0.25, 0.3) is 0 Å². The Kier molecular flexibility index (Phi) is 4.92. The van der Waals surface area contributed by atoms with E-state index >= 15 is 0 Å². The fourth-order valence-electron chi connectivity index (χ4n) is 2.71. The molecule has 2 atom stereocenters. The Morgan fingerprint density at radius 2 is 2.39 bits per heavy atom. The van der Waals surface area contributed by atoms with Crippen molar-refractivity contribution in [3.8, 4) is 0 Å². The monoisotopic (exact) mass is 335 g/mol. The van der Waals surface area contributed by atoms with Gasteiger partial charge in [-0.1, -0.05) is 0 Å². The van der Waals surface area contributed by atoms with E-state index < -0.39 is 0 Å². The highest BCUT2D eigenvalue weighted by Crippen LogP contribution is 2.26. The molecule has 124 valence electrons. The molecule has 1 fully saturated rings. The third kappa shape index (κ3) is 3.70. The number of urea groups is 1. The van der Waals surface area contributed by atoms with Gasteiger partial charge >= 0.3 is 6.03 Å². The number of ether oxygens (including phenoxy) is 1. The van der Waals surface area contributed by atoms with Crippen molar-refractivity contribution in [2.24, 2.45) is 0 Å². The quantitative estimate of drug-likeness (QED) is 0.928. The molecule has 3 heterocycles. The zero-order chi connectivity index (χ0) is 16.2. The van der Waals surface area contributed by atoms with Gasteiger partial charge in [0.05, 0.1) is 19.2 Å². The number of nitrogens with zero attached hydrogens (tertiary/aromatic N) is 4. The SMILES string of the molecule is CCn1cnnc1CNC(=O)N1C[C@@H](c2ccsc2)O[C@@H](C)C1. The van der Waals surface area contributed by atoms with E-state index in [4.69, 9.17) is 4.74 Å². The Hall–Kier alpha value is -1.93. The van der Waals surface area contributed by atoms with Crippen LogP contribution in [0.2, 0.25) is 0 Å².